The van der Waals surface area contributed by atoms with Crippen LogP contribution in [0, 0.1) is 5.92 Å². The fraction of sp³-hybridized carbons (Fsp3) is 1.00. The molecular weight excluding hydrogens is 212 g/mol. The number of hydrogen-bond acceptors (Lipinski definition) is 3. The van der Waals surface area contributed by atoms with Crippen molar-refractivity contribution in [2.45, 2.75) is 51.6 Å². The first-order valence-electron chi connectivity index (χ1n) is 7.19. The molecule has 100 valence electrons. The molecule has 2 fully saturated rings. The molecular formula is C14H28N2O. The van der Waals surface area contributed by atoms with Gasteiger partial charge in [-0.3, -0.25) is 4.90 Å². The van der Waals surface area contributed by atoms with Crippen molar-refractivity contribution in [3.05, 3.63) is 0 Å². The average molecular weight is 240 g/mol. The first-order chi connectivity index (χ1) is 8.12. The lowest BCUT2D eigenvalue weighted by atomic mass is 9.96. The number of ether oxygens (including phenoxy) is 1. The Hall–Kier alpha value is -0.120. The molecule has 17 heavy (non-hydrogen) atoms. The van der Waals surface area contributed by atoms with Gasteiger partial charge in [-0.05, 0) is 39.0 Å². The average Bonchev–Trinajstić information content (AvgIpc) is 3.07. The minimum atomic E-state index is 0.260. The van der Waals surface area contributed by atoms with Crippen molar-refractivity contribution in [3.63, 3.8) is 0 Å². The minimum Gasteiger partial charge on any atom is -0.380 e. The molecule has 0 aromatic carbocycles. The van der Waals surface area contributed by atoms with Crippen LogP contribution in [-0.4, -0.2) is 49.3 Å². The quantitative estimate of drug-likeness (QED) is 0.717. The van der Waals surface area contributed by atoms with E-state index in [1.54, 1.807) is 0 Å². The standard InChI is InChI=1S/C14H28N2O/c1-4-8-17-9-7-16-11-14(2,3)15-10-13(16)12-5-6-12/h12-13,15H,4-11H2,1-3H3. The molecule has 0 amide bonds. The van der Waals surface area contributed by atoms with Gasteiger partial charge in [-0.25, -0.2) is 0 Å². The van der Waals surface area contributed by atoms with E-state index in [0.29, 0.717) is 0 Å². The third-order valence-corrected chi connectivity index (χ3v) is 3.89. The Morgan fingerprint density at radius 1 is 1.29 bits per heavy atom. The highest BCUT2D eigenvalue weighted by atomic mass is 16.5. The molecule has 1 saturated carbocycles. The van der Waals surface area contributed by atoms with E-state index < -0.39 is 0 Å². The summed E-state index contributed by atoms with van der Waals surface area (Å²) in [4.78, 5) is 2.66. The number of hydrogen-bond donors (Lipinski definition) is 1. The summed E-state index contributed by atoms with van der Waals surface area (Å²) >= 11 is 0. The molecule has 1 saturated heterocycles. The third kappa shape index (κ3) is 3.94. The van der Waals surface area contributed by atoms with Gasteiger partial charge in [0.2, 0.25) is 0 Å². The zero-order valence-electron chi connectivity index (χ0n) is 11.7. The van der Waals surface area contributed by atoms with E-state index in [4.69, 9.17) is 4.74 Å². The van der Waals surface area contributed by atoms with Gasteiger partial charge in [-0.15, -0.1) is 0 Å². The van der Waals surface area contributed by atoms with Crippen molar-refractivity contribution in [1.29, 1.82) is 0 Å². The lowest BCUT2D eigenvalue weighted by molar-refractivity contribution is 0.0422. The maximum absolute atomic E-state index is 5.64. The van der Waals surface area contributed by atoms with Crippen LogP contribution >= 0.6 is 0 Å². The maximum Gasteiger partial charge on any atom is 0.0593 e. The third-order valence-electron chi connectivity index (χ3n) is 3.89. The van der Waals surface area contributed by atoms with Crippen LogP contribution in [0.1, 0.15) is 40.0 Å². The molecule has 0 bridgehead atoms. The van der Waals surface area contributed by atoms with E-state index in [1.165, 1.54) is 12.8 Å². The first-order valence-corrected chi connectivity index (χ1v) is 7.19. The molecule has 1 heterocycles. The van der Waals surface area contributed by atoms with Gasteiger partial charge in [0.1, 0.15) is 0 Å². The largest absolute Gasteiger partial charge is 0.380 e. The molecule has 2 rings (SSSR count). The highest BCUT2D eigenvalue weighted by Gasteiger charge is 2.40. The van der Waals surface area contributed by atoms with Crippen LogP contribution in [0.25, 0.3) is 0 Å². The van der Waals surface area contributed by atoms with Crippen molar-refractivity contribution in [1.82, 2.24) is 10.2 Å². The Labute approximate surface area is 106 Å². The van der Waals surface area contributed by atoms with E-state index in [2.05, 4.69) is 31.0 Å². The predicted molar refractivity (Wildman–Crippen MR) is 71.3 cm³/mol. The normalized spacial score (nSPS) is 29.5. The molecule has 0 radical (unpaired) electrons. The summed E-state index contributed by atoms with van der Waals surface area (Å²) in [6.07, 6.45) is 3.98. The first kappa shape index (κ1) is 13.3. The Kier molecular flexibility index (Phi) is 4.45. The van der Waals surface area contributed by atoms with Crippen molar-refractivity contribution in [2.24, 2.45) is 5.92 Å². The Morgan fingerprint density at radius 3 is 2.71 bits per heavy atom. The Bertz CT molecular complexity index is 238. The van der Waals surface area contributed by atoms with E-state index >= 15 is 0 Å². The van der Waals surface area contributed by atoms with Gasteiger partial charge in [0.05, 0.1) is 6.61 Å². The number of nitrogens with zero attached hydrogens (tertiary/aromatic N) is 1. The molecule has 3 heteroatoms. The van der Waals surface area contributed by atoms with E-state index in [1.807, 2.05) is 0 Å². The van der Waals surface area contributed by atoms with E-state index in [-0.39, 0.29) is 5.54 Å². The summed E-state index contributed by atoms with van der Waals surface area (Å²) in [6.45, 7) is 12.0. The lowest BCUT2D eigenvalue weighted by Gasteiger charge is -2.45. The summed E-state index contributed by atoms with van der Waals surface area (Å²) in [5, 5.41) is 3.68. The highest BCUT2D eigenvalue weighted by Crippen LogP contribution is 2.37. The summed E-state index contributed by atoms with van der Waals surface area (Å²) in [6, 6.07) is 0.758. The maximum atomic E-state index is 5.64. The second-order valence-corrected chi connectivity index (χ2v) is 6.25. The van der Waals surface area contributed by atoms with Crippen molar-refractivity contribution < 1.29 is 4.74 Å². The molecule has 0 aromatic rings. The molecule has 0 aromatic heterocycles. The summed E-state index contributed by atoms with van der Waals surface area (Å²) < 4.78 is 5.64. The summed E-state index contributed by atoms with van der Waals surface area (Å²) in [7, 11) is 0. The molecule has 1 N–H and O–H groups in total. The topological polar surface area (TPSA) is 24.5 Å². The van der Waals surface area contributed by atoms with Gasteiger partial charge < -0.3 is 10.1 Å². The fourth-order valence-electron chi connectivity index (χ4n) is 2.81. The van der Waals surface area contributed by atoms with E-state index in [0.717, 1.165) is 51.2 Å². The molecule has 3 nitrogen and oxygen atoms in total. The monoisotopic (exact) mass is 240 g/mol. The van der Waals surface area contributed by atoms with Gasteiger partial charge in [0.25, 0.3) is 0 Å². The molecule has 1 atom stereocenters. The number of rotatable bonds is 6. The van der Waals surface area contributed by atoms with Crippen LogP contribution in [0.4, 0.5) is 0 Å². The molecule has 1 unspecified atom stereocenters. The van der Waals surface area contributed by atoms with Gasteiger partial charge in [-0.2, -0.15) is 0 Å². The van der Waals surface area contributed by atoms with Crippen molar-refractivity contribution in [3.8, 4) is 0 Å². The predicted octanol–water partition coefficient (Wildman–Crippen LogP) is 1.88. The molecule has 2 aliphatic rings. The fourth-order valence-corrected chi connectivity index (χ4v) is 2.81. The van der Waals surface area contributed by atoms with Gasteiger partial charge >= 0.3 is 0 Å². The van der Waals surface area contributed by atoms with Gasteiger partial charge in [-0.1, -0.05) is 6.92 Å². The summed E-state index contributed by atoms with van der Waals surface area (Å²) in [5.41, 5.74) is 0.260. The SMILES string of the molecule is CCCOCCN1CC(C)(C)NCC1C1CC1. The Balaban J connectivity index is 1.80. The van der Waals surface area contributed by atoms with Crippen LogP contribution in [0.15, 0.2) is 0 Å². The number of piperazine rings is 1. The van der Waals surface area contributed by atoms with Crippen LogP contribution < -0.4 is 5.32 Å². The van der Waals surface area contributed by atoms with Crippen LogP contribution in [0.3, 0.4) is 0 Å². The zero-order chi connectivity index (χ0) is 12.3. The van der Waals surface area contributed by atoms with Crippen molar-refractivity contribution >= 4 is 0 Å². The van der Waals surface area contributed by atoms with Crippen LogP contribution in [0.2, 0.25) is 0 Å². The highest BCUT2D eigenvalue weighted by molar-refractivity contribution is 4.98. The Morgan fingerprint density at radius 2 is 2.06 bits per heavy atom. The van der Waals surface area contributed by atoms with Gasteiger partial charge in [0.15, 0.2) is 0 Å². The second kappa shape index (κ2) is 5.68. The number of nitrogens with one attached hydrogen (secondary N) is 1. The zero-order valence-corrected chi connectivity index (χ0v) is 11.7. The van der Waals surface area contributed by atoms with Crippen LogP contribution in [-0.2, 0) is 4.74 Å². The van der Waals surface area contributed by atoms with Crippen LogP contribution in [0.5, 0.6) is 0 Å². The van der Waals surface area contributed by atoms with Crippen molar-refractivity contribution in [2.75, 3.05) is 32.8 Å². The second-order valence-electron chi connectivity index (χ2n) is 6.25. The molecule has 1 aliphatic heterocycles. The molecule has 0 spiro atoms. The minimum absolute atomic E-state index is 0.260. The smallest absolute Gasteiger partial charge is 0.0593 e. The summed E-state index contributed by atoms with van der Waals surface area (Å²) in [5.74, 6) is 0.949. The lowest BCUT2D eigenvalue weighted by Crippen LogP contribution is -2.62. The molecule has 1 aliphatic carbocycles. The van der Waals surface area contributed by atoms with Gasteiger partial charge in [0, 0.05) is 37.8 Å². The van der Waals surface area contributed by atoms with E-state index in [9.17, 15) is 0 Å².